The fourth-order valence-corrected chi connectivity index (χ4v) is 3.66. The highest BCUT2D eigenvalue weighted by atomic mass is 79.9. The molecule has 0 bridgehead atoms. The lowest BCUT2D eigenvalue weighted by Gasteiger charge is -2.16. The van der Waals surface area contributed by atoms with Crippen LogP contribution in [-0.4, -0.2) is 31.4 Å². The Kier molecular flexibility index (Phi) is 6.02. The number of aromatic nitrogens is 1. The lowest BCUT2D eigenvalue weighted by Crippen LogP contribution is -2.02. The van der Waals surface area contributed by atoms with Crippen molar-refractivity contribution in [1.82, 2.24) is 4.98 Å². The van der Waals surface area contributed by atoms with Crippen LogP contribution in [0, 0.1) is 11.3 Å². The molecule has 0 atom stereocenters. The first-order chi connectivity index (χ1) is 14.7. The van der Waals surface area contributed by atoms with Crippen molar-refractivity contribution in [3.63, 3.8) is 0 Å². The van der Waals surface area contributed by atoms with E-state index in [-0.39, 0.29) is 6.79 Å². The molecule has 9 heteroatoms. The Balaban J connectivity index is 1.81. The van der Waals surface area contributed by atoms with Gasteiger partial charge in [-0.25, -0.2) is 0 Å². The molecule has 1 aliphatic rings. The second-order valence-electron chi connectivity index (χ2n) is 6.35. The Morgan fingerprint density at radius 3 is 2.87 bits per heavy atom. The van der Waals surface area contributed by atoms with Gasteiger partial charge in [-0.2, -0.15) is 5.26 Å². The number of rotatable bonds is 7. The number of fused-ring (bicyclic) bond motifs is 2. The van der Waals surface area contributed by atoms with Gasteiger partial charge in [0.05, 0.1) is 40.6 Å². The number of nitriles is 1. The van der Waals surface area contributed by atoms with Gasteiger partial charge in [0.1, 0.15) is 6.07 Å². The van der Waals surface area contributed by atoms with E-state index in [0.29, 0.717) is 69.7 Å². The van der Waals surface area contributed by atoms with E-state index in [9.17, 15) is 5.26 Å². The van der Waals surface area contributed by atoms with E-state index in [1.165, 1.54) is 6.20 Å². The van der Waals surface area contributed by atoms with E-state index < -0.39 is 0 Å². The van der Waals surface area contributed by atoms with Gasteiger partial charge in [0.25, 0.3) is 0 Å². The number of ether oxygens (including phenoxy) is 4. The van der Waals surface area contributed by atoms with E-state index in [1.54, 1.807) is 19.2 Å². The summed E-state index contributed by atoms with van der Waals surface area (Å²) in [6.45, 7) is 0.598. The molecule has 1 aliphatic heterocycles. The SMILES string of the molecule is COc1cc2c(Nc3ccc(Br)c4c3OCO4)c(C#N)cnc2cc1OCCCCl. The minimum Gasteiger partial charge on any atom is -0.493 e. The van der Waals surface area contributed by atoms with Gasteiger partial charge >= 0.3 is 0 Å². The van der Waals surface area contributed by atoms with Crippen molar-refractivity contribution in [2.45, 2.75) is 6.42 Å². The van der Waals surface area contributed by atoms with Crippen molar-refractivity contribution in [1.29, 1.82) is 5.26 Å². The Hall–Kier alpha value is -2.89. The molecule has 1 aromatic heterocycles. The number of anilines is 2. The molecule has 30 heavy (non-hydrogen) atoms. The average molecular weight is 491 g/mol. The summed E-state index contributed by atoms with van der Waals surface area (Å²) < 4.78 is 23.2. The van der Waals surface area contributed by atoms with Gasteiger partial charge in [-0.1, -0.05) is 0 Å². The second kappa shape index (κ2) is 8.86. The zero-order valence-electron chi connectivity index (χ0n) is 16.0. The fraction of sp³-hybridized carbons (Fsp3) is 0.238. The Morgan fingerprint density at radius 1 is 1.27 bits per heavy atom. The molecule has 154 valence electrons. The first-order valence-electron chi connectivity index (χ1n) is 9.11. The van der Waals surface area contributed by atoms with Crippen molar-refractivity contribution in [3.8, 4) is 29.1 Å². The molecule has 0 fully saturated rings. The number of methoxy groups -OCH3 is 1. The maximum atomic E-state index is 9.66. The molecule has 7 nitrogen and oxygen atoms in total. The van der Waals surface area contributed by atoms with Crippen LogP contribution in [0.1, 0.15) is 12.0 Å². The Morgan fingerprint density at radius 2 is 2.10 bits per heavy atom. The fourth-order valence-electron chi connectivity index (χ4n) is 3.13. The molecule has 2 aromatic carbocycles. The number of hydrogen-bond acceptors (Lipinski definition) is 7. The number of benzene rings is 2. The molecule has 1 N–H and O–H groups in total. The van der Waals surface area contributed by atoms with Crippen LogP contribution in [0.3, 0.4) is 0 Å². The van der Waals surface area contributed by atoms with Gasteiger partial charge in [-0.3, -0.25) is 4.98 Å². The number of pyridine rings is 1. The standard InChI is InChI=1S/C21H17BrClN3O4/c1-27-17-7-13-16(8-18(17)28-6-2-5-23)25-10-12(9-24)19(13)26-15-4-3-14(22)20-21(15)30-11-29-20/h3-4,7-8,10H,2,5-6,11H2,1H3,(H,25,26). The first kappa shape index (κ1) is 20.4. The van der Waals surface area contributed by atoms with Crippen LogP contribution in [0.2, 0.25) is 0 Å². The molecule has 0 saturated heterocycles. The van der Waals surface area contributed by atoms with E-state index in [4.69, 9.17) is 30.5 Å². The van der Waals surface area contributed by atoms with Gasteiger partial charge in [-0.15, -0.1) is 11.6 Å². The molecular formula is C21H17BrClN3O4. The summed E-state index contributed by atoms with van der Waals surface area (Å²) in [5, 5.41) is 13.7. The third-order valence-electron chi connectivity index (χ3n) is 4.54. The lowest BCUT2D eigenvalue weighted by atomic mass is 10.1. The molecule has 0 radical (unpaired) electrons. The quantitative estimate of drug-likeness (QED) is 0.352. The molecule has 0 saturated carbocycles. The molecule has 0 spiro atoms. The average Bonchev–Trinajstić information content (AvgIpc) is 3.26. The molecule has 0 amide bonds. The highest BCUT2D eigenvalue weighted by Gasteiger charge is 2.23. The zero-order chi connectivity index (χ0) is 21.1. The van der Waals surface area contributed by atoms with Crippen molar-refractivity contribution < 1.29 is 18.9 Å². The largest absolute Gasteiger partial charge is 0.493 e. The van der Waals surface area contributed by atoms with Crippen LogP contribution in [0.4, 0.5) is 11.4 Å². The van der Waals surface area contributed by atoms with Crippen molar-refractivity contribution in [2.24, 2.45) is 0 Å². The van der Waals surface area contributed by atoms with E-state index in [2.05, 4.69) is 32.3 Å². The van der Waals surface area contributed by atoms with Crippen molar-refractivity contribution in [3.05, 3.63) is 40.5 Å². The minimum absolute atomic E-state index is 0.131. The third kappa shape index (κ3) is 3.78. The summed E-state index contributed by atoms with van der Waals surface area (Å²) in [6.07, 6.45) is 2.24. The monoisotopic (exact) mass is 489 g/mol. The van der Waals surface area contributed by atoms with Crippen LogP contribution in [0.15, 0.2) is 34.9 Å². The summed E-state index contributed by atoms with van der Waals surface area (Å²) in [5.74, 6) is 2.81. The summed E-state index contributed by atoms with van der Waals surface area (Å²) in [4.78, 5) is 4.42. The third-order valence-corrected chi connectivity index (χ3v) is 5.43. The van der Waals surface area contributed by atoms with Crippen molar-refractivity contribution in [2.75, 3.05) is 31.7 Å². The van der Waals surface area contributed by atoms with Gasteiger partial charge in [0.15, 0.2) is 23.0 Å². The summed E-state index contributed by atoms with van der Waals surface area (Å²) in [5.41, 5.74) is 2.31. The van der Waals surface area contributed by atoms with Gasteiger partial charge in [0.2, 0.25) is 6.79 Å². The van der Waals surface area contributed by atoms with Crippen LogP contribution in [-0.2, 0) is 0 Å². The molecule has 3 aromatic rings. The van der Waals surface area contributed by atoms with Crippen molar-refractivity contribution >= 4 is 49.8 Å². The maximum absolute atomic E-state index is 9.66. The zero-order valence-corrected chi connectivity index (χ0v) is 18.3. The predicted octanol–water partition coefficient (Wildman–Crippen LogP) is 5.36. The van der Waals surface area contributed by atoms with Crippen LogP contribution in [0.25, 0.3) is 10.9 Å². The summed E-state index contributed by atoms with van der Waals surface area (Å²) >= 11 is 9.19. The van der Waals surface area contributed by atoms with Crippen LogP contribution in [0.5, 0.6) is 23.0 Å². The number of hydrogen-bond donors (Lipinski definition) is 1. The van der Waals surface area contributed by atoms with Gasteiger partial charge in [0, 0.05) is 23.5 Å². The lowest BCUT2D eigenvalue weighted by molar-refractivity contribution is 0.174. The Bertz CT molecular complexity index is 1150. The maximum Gasteiger partial charge on any atom is 0.231 e. The molecular weight excluding hydrogens is 474 g/mol. The smallest absolute Gasteiger partial charge is 0.231 e. The summed E-state index contributed by atoms with van der Waals surface area (Å²) in [6, 6.07) is 9.49. The first-order valence-corrected chi connectivity index (χ1v) is 10.4. The van der Waals surface area contributed by atoms with E-state index in [0.717, 1.165) is 4.47 Å². The molecule has 4 rings (SSSR count). The van der Waals surface area contributed by atoms with Gasteiger partial charge < -0.3 is 24.3 Å². The topological polar surface area (TPSA) is 85.6 Å². The molecule has 2 heterocycles. The number of nitrogens with zero attached hydrogens (tertiary/aromatic N) is 2. The van der Waals surface area contributed by atoms with E-state index in [1.807, 2.05) is 12.1 Å². The van der Waals surface area contributed by atoms with Crippen LogP contribution >= 0.6 is 27.5 Å². The molecule has 0 unspecified atom stereocenters. The summed E-state index contributed by atoms with van der Waals surface area (Å²) in [7, 11) is 1.57. The molecule has 0 aliphatic carbocycles. The number of halogens is 2. The Labute approximate surface area is 186 Å². The van der Waals surface area contributed by atoms with E-state index >= 15 is 0 Å². The minimum atomic E-state index is 0.131. The number of alkyl halides is 1. The predicted molar refractivity (Wildman–Crippen MR) is 117 cm³/mol. The normalized spacial score (nSPS) is 11.9. The number of nitrogens with one attached hydrogen (secondary N) is 1. The van der Waals surface area contributed by atoms with Crippen LogP contribution < -0.4 is 24.3 Å². The second-order valence-corrected chi connectivity index (χ2v) is 7.59. The van der Waals surface area contributed by atoms with Gasteiger partial charge in [-0.05, 0) is 40.5 Å². The highest BCUT2D eigenvalue weighted by molar-refractivity contribution is 9.10. The highest BCUT2D eigenvalue weighted by Crippen LogP contribution is 2.46.